The summed E-state index contributed by atoms with van der Waals surface area (Å²) in [5.41, 5.74) is 0.709. The molecule has 0 N–H and O–H groups in total. The van der Waals surface area contributed by atoms with E-state index in [4.69, 9.17) is 0 Å². The van der Waals surface area contributed by atoms with E-state index in [9.17, 15) is 4.39 Å². The molecule has 1 aromatic carbocycles. The van der Waals surface area contributed by atoms with Gasteiger partial charge in [-0.2, -0.15) is 18.8 Å². The maximum Gasteiger partial charge on any atom is 0.0170 e. The van der Waals surface area contributed by atoms with Gasteiger partial charge in [0.15, 0.2) is 0 Å². The van der Waals surface area contributed by atoms with Crippen molar-refractivity contribution in [2.24, 2.45) is 0 Å². The molecule has 1 aliphatic rings. The van der Waals surface area contributed by atoms with Crippen LogP contribution in [0.15, 0.2) is 30.6 Å². The molecule has 0 bridgehead atoms. The minimum atomic E-state index is -0.245. The van der Waals surface area contributed by atoms with Crippen molar-refractivity contribution >= 4 is 5.69 Å². The van der Waals surface area contributed by atoms with Gasteiger partial charge in [-0.3, -0.25) is 0 Å². The standard InChI is InChI=1S/C10H9FN2.Ir/c1-12-5-6-13(8-12)10-4-2-3-9(11)7-10;/h2-3,5-8H,1H3;/q-2;. The molecule has 0 aromatic heterocycles. The van der Waals surface area contributed by atoms with E-state index in [0.717, 1.165) is 0 Å². The van der Waals surface area contributed by atoms with Crippen molar-refractivity contribution in [2.45, 2.75) is 0 Å². The summed E-state index contributed by atoms with van der Waals surface area (Å²) in [5.74, 6) is -0.245. The van der Waals surface area contributed by atoms with E-state index in [1.165, 1.54) is 12.1 Å². The number of rotatable bonds is 1. The van der Waals surface area contributed by atoms with Crippen LogP contribution in [0.5, 0.6) is 0 Å². The molecule has 0 amide bonds. The Morgan fingerprint density at radius 3 is 2.79 bits per heavy atom. The number of anilines is 1. The zero-order valence-corrected chi connectivity index (χ0v) is 9.96. The van der Waals surface area contributed by atoms with Crippen molar-refractivity contribution < 1.29 is 24.5 Å². The van der Waals surface area contributed by atoms with Crippen LogP contribution in [0.3, 0.4) is 0 Å². The molecule has 4 heteroatoms. The fraction of sp³-hybridized carbons (Fsp3) is 0.100. The minimum absolute atomic E-state index is 0. The summed E-state index contributed by atoms with van der Waals surface area (Å²) in [6.45, 7) is 1.85. The monoisotopic (exact) mass is 369 g/mol. The second-order valence-electron chi connectivity index (χ2n) is 2.88. The predicted molar refractivity (Wildman–Crippen MR) is 48.9 cm³/mol. The van der Waals surface area contributed by atoms with Gasteiger partial charge in [-0.15, -0.1) is 17.8 Å². The van der Waals surface area contributed by atoms with Gasteiger partial charge in [0.2, 0.25) is 0 Å². The maximum atomic E-state index is 12.8. The van der Waals surface area contributed by atoms with Crippen molar-refractivity contribution in [1.82, 2.24) is 4.90 Å². The number of hydrogen-bond donors (Lipinski definition) is 0. The van der Waals surface area contributed by atoms with Gasteiger partial charge in [-0.05, 0) is 19.4 Å². The third kappa shape index (κ3) is 2.34. The first-order valence-corrected chi connectivity index (χ1v) is 3.96. The molecule has 1 aliphatic heterocycles. The van der Waals surface area contributed by atoms with Crippen LogP contribution in [-0.4, -0.2) is 11.9 Å². The van der Waals surface area contributed by atoms with E-state index >= 15 is 0 Å². The molecule has 2 nitrogen and oxygen atoms in total. The Morgan fingerprint density at radius 2 is 2.21 bits per heavy atom. The molecule has 0 saturated carbocycles. The van der Waals surface area contributed by atoms with Gasteiger partial charge >= 0.3 is 0 Å². The molecule has 14 heavy (non-hydrogen) atoms. The fourth-order valence-corrected chi connectivity index (χ4v) is 1.17. The summed E-state index contributed by atoms with van der Waals surface area (Å²) in [6.07, 6.45) is 3.74. The Morgan fingerprint density at radius 1 is 1.43 bits per heavy atom. The van der Waals surface area contributed by atoms with Crippen molar-refractivity contribution in [2.75, 3.05) is 11.9 Å². The van der Waals surface area contributed by atoms with E-state index < -0.39 is 0 Å². The summed E-state index contributed by atoms with van der Waals surface area (Å²) >= 11 is 0. The average molecular weight is 368 g/mol. The van der Waals surface area contributed by atoms with Crippen molar-refractivity contribution in [3.8, 4) is 0 Å². The summed E-state index contributed by atoms with van der Waals surface area (Å²) in [4.78, 5) is 3.70. The van der Waals surface area contributed by atoms with E-state index in [1.807, 2.05) is 35.9 Å². The van der Waals surface area contributed by atoms with Crippen LogP contribution in [0.2, 0.25) is 0 Å². The molecule has 77 valence electrons. The number of nitrogens with zero attached hydrogens (tertiary/aromatic N) is 2. The molecule has 1 aromatic rings. The predicted octanol–water partition coefficient (Wildman–Crippen LogP) is 1.97. The number of benzene rings is 1. The second kappa shape index (κ2) is 4.58. The molecular formula is C10H9FIrN2-2. The summed E-state index contributed by atoms with van der Waals surface area (Å²) in [7, 11) is 1.91. The van der Waals surface area contributed by atoms with Crippen molar-refractivity contribution in [1.29, 1.82) is 0 Å². The van der Waals surface area contributed by atoms with E-state index in [0.29, 0.717) is 5.69 Å². The van der Waals surface area contributed by atoms with E-state index in [1.54, 1.807) is 6.07 Å². The topological polar surface area (TPSA) is 6.48 Å². The van der Waals surface area contributed by atoms with Crippen molar-refractivity contribution in [3.63, 3.8) is 0 Å². The molecule has 0 spiro atoms. The van der Waals surface area contributed by atoms with Gasteiger partial charge in [0.1, 0.15) is 0 Å². The third-order valence-electron chi connectivity index (χ3n) is 1.80. The van der Waals surface area contributed by atoms with Gasteiger partial charge in [-0.1, -0.05) is 0 Å². The third-order valence-corrected chi connectivity index (χ3v) is 1.80. The summed E-state index contributed by atoms with van der Waals surface area (Å²) in [6, 6.07) is 7.35. The van der Waals surface area contributed by atoms with Gasteiger partial charge in [0.25, 0.3) is 0 Å². The van der Waals surface area contributed by atoms with Gasteiger partial charge in [0.05, 0.1) is 0 Å². The Balaban J connectivity index is 0.000000980. The Bertz CT molecular complexity index is 341. The largest absolute Gasteiger partial charge is 0.510 e. The van der Waals surface area contributed by atoms with Crippen molar-refractivity contribution in [3.05, 3.63) is 49.2 Å². The quantitative estimate of drug-likeness (QED) is 0.700. The fourth-order valence-electron chi connectivity index (χ4n) is 1.17. The first-order valence-electron chi connectivity index (χ1n) is 3.96. The molecule has 1 radical (unpaired) electrons. The molecule has 0 aliphatic carbocycles. The Labute approximate surface area is 96.4 Å². The summed E-state index contributed by atoms with van der Waals surface area (Å²) < 4.78 is 12.8. The van der Waals surface area contributed by atoms with Gasteiger partial charge < -0.3 is 9.80 Å². The zero-order valence-electron chi connectivity index (χ0n) is 7.57. The molecule has 0 unspecified atom stereocenters. The number of halogens is 1. The molecule has 0 atom stereocenters. The Kier molecular flexibility index (Phi) is 3.67. The molecule has 0 fully saturated rings. The molecule has 2 rings (SSSR count). The second-order valence-corrected chi connectivity index (χ2v) is 2.88. The number of hydrogen-bond acceptors (Lipinski definition) is 2. The average Bonchev–Trinajstić information content (AvgIpc) is 2.52. The van der Waals surface area contributed by atoms with Crippen LogP contribution in [0.1, 0.15) is 0 Å². The molecule has 0 saturated heterocycles. The summed E-state index contributed by atoms with van der Waals surface area (Å²) in [5, 5.41) is 0. The smallest absolute Gasteiger partial charge is 0.0170 e. The van der Waals surface area contributed by atoms with E-state index in [-0.39, 0.29) is 25.9 Å². The zero-order chi connectivity index (χ0) is 9.26. The maximum absolute atomic E-state index is 12.8. The van der Waals surface area contributed by atoms with Gasteiger partial charge in [-0.25, -0.2) is 4.39 Å². The van der Waals surface area contributed by atoms with Crippen LogP contribution in [-0.2, 0) is 20.1 Å². The normalized spacial score (nSPS) is 14.4. The van der Waals surface area contributed by atoms with Crippen LogP contribution >= 0.6 is 0 Å². The molecule has 1 heterocycles. The first-order chi connectivity index (χ1) is 6.25. The van der Waals surface area contributed by atoms with Crippen LogP contribution < -0.4 is 4.90 Å². The van der Waals surface area contributed by atoms with Gasteiger partial charge in [0, 0.05) is 25.9 Å². The minimum Gasteiger partial charge on any atom is -0.510 e. The van der Waals surface area contributed by atoms with E-state index in [2.05, 4.69) is 6.07 Å². The van der Waals surface area contributed by atoms with Crippen LogP contribution in [0, 0.1) is 18.6 Å². The first kappa shape index (κ1) is 11.2. The van der Waals surface area contributed by atoms with Crippen LogP contribution in [0.4, 0.5) is 10.1 Å². The van der Waals surface area contributed by atoms with Crippen LogP contribution in [0.25, 0.3) is 0 Å². The SMILES string of the molecule is CN1C=CN(c2[c-]ccc(F)c2)[CH-]1.[Ir]. The molecular weight excluding hydrogens is 359 g/mol. The Hall–Kier alpha value is -0.861.